The minimum atomic E-state index is -0.311. The maximum Gasteiger partial charge on any atom is 0.339 e. The van der Waals surface area contributed by atoms with Crippen LogP contribution >= 0.6 is 22.9 Å². The van der Waals surface area contributed by atoms with Crippen molar-refractivity contribution < 1.29 is 14.3 Å². The number of hydrogen-bond donors (Lipinski definition) is 0. The molecule has 0 radical (unpaired) electrons. The molecule has 1 aliphatic rings. The van der Waals surface area contributed by atoms with E-state index in [1.165, 1.54) is 7.11 Å². The van der Waals surface area contributed by atoms with Crippen LogP contribution < -0.4 is 4.90 Å². The summed E-state index contributed by atoms with van der Waals surface area (Å²) in [6.07, 6.45) is 2.11. The van der Waals surface area contributed by atoms with Crippen LogP contribution in [0.25, 0.3) is 10.6 Å². The van der Waals surface area contributed by atoms with Gasteiger partial charge in [-0.25, -0.2) is 9.78 Å². The third-order valence-corrected chi connectivity index (χ3v) is 6.89. The molecule has 0 N–H and O–H groups in total. The zero-order chi connectivity index (χ0) is 21.8. The number of esters is 1. The molecule has 0 saturated carbocycles. The Kier molecular flexibility index (Phi) is 6.90. The van der Waals surface area contributed by atoms with Crippen molar-refractivity contribution in [2.45, 2.75) is 32.5 Å². The van der Waals surface area contributed by atoms with Crippen molar-refractivity contribution in [1.82, 2.24) is 4.98 Å². The molecule has 2 aromatic carbocycles. The summed E-state index contributed by atoms with van der Waals surface area (Å²) in [5, 5.41) is 1.70. The van der Waals surface area contributed by atoms with Crippen molar-refractivity contribution in [3.8, 4) is 10.6 Å². The molecule has 7 heteroatoms. The second-order valence-electron chi connectivity index (χ2n) is 7.56. The summed E-state index contributed by atoms with van der Waals surface area (Å²) in [4.78, 5) is 20.2. The van der Waals surface area contributed by atoms with E-state index in [1.54, 1.807) is 11.3 Å². The van der Waals surface area contributed by atoms with Gasteiger partial charge in [0.1, 0.15) is 5.01 Å². The molecule has 3 aromatic rings. The smallest absolute Gasteiger partial charge is 0.339 e. The third-order valence-electron chi connectivity index (χ3n) is 5.46. The largest absolute Gasteiger partial charge is 0.465 e. The number of hydrogen-bond acceptors (Lipinski definition) is 6. The quantitative estimate of drug-likeness (QED) is 0.442. The van der Waals surface area contributed by atoms with Gasteiger partial charge in [0.25, 0.3) is 0 Å². The van der Waals surface area contributed by atoms with E-state index in [0.717, 1.165) is 57.8 Å². The van der Waals surface area contributed by atoms with E-state index in [4.69, 9.17) is 26.1 Å². The number of nitrogens with zero attached hydrogens (tertiary/aromatic N) is 2. The van der Waals surface area contributed by atoms with Crippen LogP contribution in [-0.2, 0) is 16.1 Å². The van der Waals surface area contributed by atoms with Gasteiger partial charge in [-0.15, -0.1) is 11.3 Å². The summed E-state index contributed by atoms with van der Waals surface area (Å²) in [7, 11) is 1.41. The standard InChI is InChI=1S/C24H25ClN2O3S/c1-16-22(31-23(26-16)17-9-11-18(25)12-10-17)15-30-19-6-5-13-27(14-19)21-8-4-3-7-20(21)24(28)29-2/h3-4,7-12,19H,5-6,13-15H2,1-2H3. The fraction of sp³-hybridized carbons (Fsp3) is 0.333. The maximum absolute atomic E-state index is 12.2. The fourth-order valence-corrected chi connectivity index (χ4v) is 4.91. The van der Waals surface area contributed by atoms with Gasteiger partial charge in [0.15, 0.2) is 0 Å². The van der Waals surface area contributed by atoms with Crippen molar-refractivity contribution in [3.63, 3.8) is 0 Å². The van der Waals surface area contributed by atoms with Gasteiger partial charge in [-0.1, -0.05) is 35.9 Å². The summed E-state index contributed by atoms with van der Waals surface area (Å²) in [5.41, 5.74) is 3.56. The molecule has 162 valence electrons. The number of benzene rings is 2. The molecular weight excluding hydrogens is 432 g/mol. The zero-order valence-electron chi connectivity index (χ0n) is 17.6. The molecule has 1 aromatic heterocycles. The van der Waals surface area contributed by atoms with Gasteiger partial charge in [0, 0.05) is 23.7 Å². The number of carbonyl (C=O) groups is 1. The predicted octanol–water partition coefficient (Wildman–Crippen LogP) is 5.74. The summed E-state index contributed by atoms with van der Waals surface area (Å²) in [6, 6.07) is 15.3. The minimum absolute atomic E-state index is 0.0972. The molecule has 4 rings (SSSR count). The van der Waals surface area contributed by atoms with Gasteiger partial charge in [-0.2, -0.15) is 0 Å². The molecular formula is C24H25ClN2O3S. The molecule has 0 spiro atoms. The Hall–Kier alpha value is -2.41. The number of aryl methyl sites for hydroxylation is 1. The van der Waals surface area contributed by atoms with Gasteiger partial charge in [-0.3, -0.25) is 0 Å². The Labute approximate surface area is 191 Å². The Morgan fingerprint density at radius 3 is 2.77 bits per heavy atom. The molecule has 1 saturated heterocycles. The predicted molar refractivity (Wildman–Crippen MR) is 125 cm³/mol. The molecule has 0 aliphatic carbocycles. The van der Waals surface area contributed by atoms with Crippen LogP contribution in [-0.4, -0.2) is 37.3 Å². The van der Waals surface area contributed by atoms with Crippen molar-refractivity contribution in [1.29, 1.82) is 0 Å². The Bertz CT molecular complexity index is 1050. The topological polar surface area (TPSA) is 51.7 Å². The van der Waals surface area contributed by atoms with Crippen molar-refractivity contribution in [2.24, 2.45) is 0 Å². The van der Waals surface area contributed by atoms with Gasteiger partial charge in [-0.05, 0) is 44.0 Å². The van der Waals surface area contributed by atoms with Crippen LogP contribution in [0.3, 0.4) is 0 Å². The van der Waals surface area contributed by atoms with Gasteiger partial charge in [0.2, 0.25) is 0 Å². The fourth-order valence-electron chi connectivity index (χ4n) is 3.80. The lowest BCUT2D eigenvalue weighted by atomic mass is 10.0. The lowest BCUT2D eigenvalue weighted by Crippen LogP contribution is -2.40. The molecule has 1 atom stereocenters. The Morgan fingerprint density at radius 1 is 1.23 bits per heavy atom. The first-order chi connectivity index (χ1) is 15.0. The summed E-state index contributed by atoms with van der Waals surface area (Å²) >= 11 is 7.66. The molecule has 1 unspecified atom stereocenters. The summed E-state index contributed by atoms with van der Waals surface area (Å²) < 4.78 is 11.2. The van der Waals surface area contributed by atoms with Crippen LogP contribution in [0.2, 0.25) is 5.02 Å². The first-order valence-corrected chi connectivity index (χ1v) is 11.5. The highest BCUT2D eigenvalue weighted by molar-refractivity contribution is 7.15. The van der Waals surface area contributed by atoms with E-state index in [-0.39, 0.29) is 12.1 Å². The number of methoxy groups -OCH3 is 1. The maximum atomic E-state index is 12.2. The van der Waals surface area contributed by atoms with Gasteiger partial charge in [0.05, 0.1) is 41.6 Å². The van der Waals surface area contributed by atoms with E-state index >= 15 is 0 Å². The number of carbonyl (C=O) groups excluding carboxylic acids is 1. The number of para-hydroxylation sites is 1. The van der Waals surface area contributed by atoms with E-state index in [9.17, 15) is 4.79 Å². The number of rotatable bonds is 6. The van der Waals surface area contributed by atoms with Crippen molar-refractivity contribution >= 4 is 34.6 Å². The number of anilines is 1. The van der Waals surface area contributed by atoms with E-state index in [2.05, 4.69) is 4.90 Å². The van der Waals surface area contributed by atoms with E-state index in [0.29, 0.717) is 12.2 Å². The number of piperidine rings is 1. The first-order valence-electron chi connectivity index (χ1n) is 10.3. The Balaban J connectivity index is 1.42. The van der Waals surface area contributed by atoms with E-state index in [1.807, 2.05) is 55.5 Å². The van der Waals surface area contributed by atoms with Crippen LogP contribution in [0, 0.1) is 6.92 Å². The molecule has 1 aliphatic heterocycles. The minimum Gasteiger partial charge on any atom is -0.465 e. The van der Waals surface area contributed by atoms with E-state index < -0.39 is 0 Å². The summed E-state index contributed by atoms with van der Waals surface area (Å²) in [6.45, 7) is 4.20. The van der Waals surface area contributed by atoms with Crippen LogP contribution in [0.4, 0.5) is 5.69 Å². The lowest BCUT2D eigenvalue weighted by molar-refractivity contribution is 0.0326. The third kappa shape index (κ3) is 5.09. The second-order valence-corrected chi connectivity index (χ2v) is 9.08. The van der Waals surface area contributed by atoms with Crippen LogP contribution in [0.5, 0.6) is 0 Å². The molecule has 31 heavy (non-hydrogen) atoms. The SMILES string of the molecule is COC(=O)c1ccccc1N1CCCC(OCc2sc(-c3ccc(Cl)cc3)nc2C)C1. The highest BCUT2D eigenvalue weighted by Gasteiger charge is 2.24. The monoisotopic (exact) mass is 456 g/mol. The van der Waals surface area contributed by atoms with Gasteiger partial charge >= 0.3 is 5.97 Å². The van der Waals surface area contributed by atoms with Crippen LogP contribution in [0.15, 0.2) is 48.5 Å². The highest BCUT2D eigenvalue weighted by Crippen LogP contribution is 2.31. The molecule has 2 heterocycles. The van der Waals surface area contributed by atoms with Gasteiger partial charge < -0.3 is 14.4 Å². The number of aromatic nitrogens is 1. The van der Waals surface area contributed by atoms with Crippen molar-refractivity contribution in [3.05, 3.63) is 69.7 Å². The molecule has 1 fully saturated rings. The zero-order valence-corrected chi connectivity index (χ0v) is 19.2. The molecule has 0 amide bonds. The highest BCUT2D eigenvalue weighted by atomic mass is 35.5. The molecule has 5 nitrogen and oxygen atoms in total. The number of halogens is 1. The number of thiazole rings is 1. The molecule has 0 bridgehead atoms. The average molecular weight is 457 g/mol. The first kappa shape index (κ1) is 21.8. The van der Waals surface area contributed by atoms with Crippen LogP contribution in [0.1, 0.15) is 33.8 Å². The van der Waals surface area contributed by atoms with Crippen molar-refractivity contribution in [2.75, 3.05) is 25.1 Å². The lowest BCUT2D eigenvalue weighted by Gasteiger charge is -2.35. The second kappa shape index (κ2) is 9.81. The summed E-state index contributed by atoms with van der Waals surface area (Å²) in [5.74, 6) is -0.311. The average Bonchev–Trinajstić information content (AvgIpc) is 3.18. The Morgan fingerprint density at radius 2 is 2.00 bits per heavy atom. The normalized spacial score (nSPS) is 16.4. The number of ether oxygens (including phenoxy) is 2.